The topological polar surface area (TPSA) is 67.6 Å². The Morgan fingerprint density at radius 2 is 2.12 bits per heavy atom. The molecule has 5 heteroatoms. The van der Waals surface area contributed by atoms with Crippen LogP contribution < -0.4 is 11.1 Å². The molecule has 1 aromatic carbocycles. The van der Waals surface area contributed by atoms with Crippen molar-refractivity contribution in [2.45, 2.75) is 39.8 Å². The predicted molar refractivity (Wildman–Crippen MR) is 96.5 cm³/mol. The van der Waals surface area contributed by atoms with Gasteiger partial charge in [0.25, 0.3) is 0 Å². The smallest absolute Gasteiger partial charge is 0.234 e. The molecule has 1 aromatic rings. The van der Waals surface area contributed by atoms with E-state index >= 15 is 0 Å². The third kappa shape index (κ3) is 5.58. The molecule has 1 atom stereocenters. The molecule has 3 N–H and O–H groups in total. The Bertz CT molecular complexity index is 535. The van der Waals surface area contributed by atoms with Gasteiger partial charge in [-0.3, -0.25) is 9.69 Å². The first-order chi connectivity index (χ1) is 11.6. The fourth-order valence-electron chi connectivity index (χ4n) is 3.08. The summed E-state index contributed by atoms with van der Waals surface area (Å²) in [7, 11) is 0. The molecule has 1 saturated heterocycles. The summed E-state index contributed by atoms with van der Waals surface area (Å²) in [5.41, 5.74) is 8.24. The molecule has 0 spiro atoms. The van der Waals surface area contributed by atoms with Crippen LogP contribution in [0.1, 0.15) is 37.8 Å². The Morgan fingerprint density at radius 1 is 1.38 bits per heavy atom. The van der Waals surface area contributed by atoms with E-state index in [-0.39, 0.29) is 11.3 Å². The van der Waals surface area contributed by atoms with E-state index in [1.165, 1.54) is 0 Å². The molecule has 1 heterocycles. The first-order valence-corrected chi connectivity index (χ1v) is 8.90. The number of nitrogens with zero attached hydrogens (tertiary/aromatic N) is 1. The Kier molecular flexibility index (Phi) is 7.21. The fourth-order valence-corrected chi connectivity index (χ4v) is 3.08. The van der Waals surface area contributed by atoms with E-state index in [0.29, 0.717) is 26.2 Å². The number of amides is 1. The highest BCUT2D eigenvalue weighted by atomic mass is 16.5. The van der Waals surface area contributed by atoms with Crippen molar-refractivity contribution < 1.29 is 9.53 Å². The van der Waals surface area contributed by atoms with Gasteiger partial charge in [0.05, 0.1) is 13.2 Å². The van der Waals surface area contributed by atoms with Gasteiger partial charge in [-0.1, -0.05) is 38.1 Å². The summed E-state index contributed by atoms with van der Waals surface area (Å²) in [4.78, 5) is 14.4. The molecule has 1 fully saturated rings. The molecule has 0 radical (unpaired) electrons. The highest BCUT2D eigenvalue weighted by Crippen LogP contribution is 2.27. The molecule has 24 heavy (non-hydrogen) atoms. The van der Waals surface area contributed by atoms with Gasteiger partial charge in [0.15, 0.2) is 0 Å². The molecular weight excluding hydrogens is 302 g/mol. The van der Waals surface area contributed by atoms with Crippen LogP contribution in [0.2, 0.25) is 0 Å². The largest absolute Gasteiger partial charge is 0.377 e. The van der Waals surface area contributed by atoms with Gasteiger partial charge in [-0.15, -0.1) is 0 Å². The number of likely N-dealkylation sites (tertiary alicyclic amines) is 1. The van der Waals surface area contributed by atoms with Crippen molar-refractivity contribution in [3.8, 4) is 0 Å². The zero-order valence-electron chi connectivity index (χ0n) is 15.0. The highest BCUT2D eigenvalue weighted by molar-refractivity contribution is 5.78. The second-order valence-corrected chi connectivity index (χ2v) is 7.07. The number of ether oxygens (including phenoxy) is 1. The van der Waals surface area contributed by atoms with Gasteiger partial charge in [-0.25, -0.2) is 0 Å². The number of benzene rings is 1. The van der Waals surface area contributed by atoms with Crippen LogP contribution in [0.4, 0.5) is 0 Å². The van der Waals surface area contributed by atoms with Crippen LogP contribution in [0.3, 0.4) is 0 Å². The average Bonchev–Trinajstić information content (AvgIpc) is 2.96. The van der Waals surface area contributed by atoms with E-state index in [0.717, 1.165) is 43.7 Å². The lowest BCUT2D eigenvalue weighted by Crippen LogP contribution is -2.38. The Balaban J connectivity index is 1.80. The highest BCUT2D eigenvalue weighted by Gasteiger charge is 2.32. The van der Waals surface area contributed by atoms with Crippen molar-refractivity contribution in [2.75, 3.05) is 32.8 Å². The van der Waals surface area contributed by atoms with Crippen molar-refractivity contribution in [3.05, 3.63) is 35.4 Å². The molecule has 2 rings (SSSR count). The Labute approximate surface area is 145 Å². The lowest BCUT2D eigenvalue weighted by Gasteiger charge is -2.22. The summed E-state index contributed by atoms with van der Waals surface area (Å²) in [5.74, 6) is 0.0700. The Hall–Kier alpha value is -1.43. The van der Waals surface area contributed by atoms with Gasteiger partial charge in [0.2, 0.25) is 5.91 Å². The van der Waals surface area contributed by atoms with Gasteiger partial charge in [-0.05, 0) is 42.5 Å². The van der Waals surface area contributed by atoms with Gasteiger partial charge in [-0.2, -0.15) is 0 Å². The van der Waals surface area contributed by atoms with Crippen LogP contribution >= 0.6 is 0 Å². The van der Waals surface area contributed by atoms with Crippen LogP contribution in [0.25, 0.3) is 0 Å². The summed E-state index contributed by atoms with van der Waals surface area (Å²) in [6.07, 6.45) is 2.07. The Morgan fingerprint density at radius 3 is 2.79 bits per heavy atom. The molecule has 1 aliphatic rings. The van der Waals surface area contributed by atoms with E-state index in [9.17, 15) is 4.79 Å². The van der Waals surface area contributed by atoms with Crippen LogP contribution in [-0.4, -0.2) is 43.6 Å². The molecular formula is C19H31N3O2. The zero-order chi connectivity index (χ0) is 17.4. The predicted octanol–water partition coefficient (Wildman–Crippen LogP) is 1.90. The summed E-state index contributed by atoms with van der Waals surface area (Å²) in [5, 5.41) is 3.03. The van der Waals surface area contributed by atoms with Gasteiger partial charge in [0, 0.05) is 19.7 Å². The number of nitrogens with two attached hydrogens (primary N) is 1. The number of nitrogens with one attached hydrogen (secondary N) is 1. The van der Waals surface area contributed by atoms with Crippen LogP contribution in [-0.2, 0) is 22.7 Å². The standard InChI is InChI=1S/C19H31N3O2/c1-3-10-24-13-17-7-5-4-6-16(17)11-21-18(23)12-22-9-8-19(2,14-20)15-22/h4-7H,3,8-15,20H2,1-2H3,(H,21,23). The molecule has 0 aromatic heterocycles. The van der Waals surface area contributed by atoms with E-state index in [1.807, 2.05) is 18.2 Å². The molecule has 0 bridgehead atoms. The van der Waals surface area contributed by atoms with Crippen molar-refractivity contribution >= 4 is 5.91 Å². The minimum atomic E-state index is 0.0700. The first-order valence-electron chi connectivity index (χ1n) is 8.90. The van der Waals surface area contributed by atoms with Crippen LogP contribution in [0.15, 0.2) is 24.3 Å². The lowest BCUT2D eigenvalue weighted by molar-refractivity contribution is -0.122. The number of rotatable bonds is 9. The zero-order valence-corrected chi connectivity index (χ0v) is 15.0. The second kappa shape index (κ2) is 9.16. The summed E-state index contributed by atoms with van der Waals surface area (Å²) in [6, 6.07) is 8.11. The summed E-state index contributed by atoms with van der Waals surface area (Å²) >= 11 is 0. The third-order valence-corrected chi connectivity index (χ3v) is 4.70. The average molecular weight is 333 g/mol. The van der Waals surface area contributed by atoms with E-state index < -0.39 is 0 Å². The van der Waals surface area contributed by atoms with Gasteiger partial charge >= 0.3 is 0 Å². The molecule has 5 nitrogen and oxygen atoms in total. The fraction of sp³-hybridized carbons (Fsp3) is 0.632. The summed E-state index contributed by atoms with van der Waals surface area (Å²) in [6.45, 7) is 9.17. The second-order valence-electron chi connectivity index (χ2n) is 7.07. The van der Waals surface area contributed by atoms with Gasteiger partial charge in [0.1, 0.15) is 0 Å². The molecule has 1 unspecified atom stereocenters. The first kappa shape index (κ1) is 18.9. The van der Waals surface area contributed by atoms with Crippen LogP contribution in [0.5, 0.6) is 0 Å². The molecule has 0 saturated carbocycles. The number of hydrogen-bond acceptors (Lipinski definition) is 4. The molecule has 0 aliphatic carbocycles. The monoisotopic (exact) mass is 333 g/mol. The third-order valence-electron chi connectivity index (χ3n) is 4.70. The maximum atomic E-state index is 12.2. The number of hydrogen-bond donors (Lipinski definition) is 2. The SMILES string of the molecule is CCCOCc1ccccc1CNC(=O)CN1CCC(C)(CN)C1. The minimum Gasteiger partial charge on any atom is -0.377 e. The molecule has 1 amide bonds. The molecule has 1 aliphatic heterocycles. The normalized spacial score (nSPS) is 21.1. The van der Waals surface area contributed by atoms with Crippen LogP contribution in [0, 0.1) is 5.41 Å². The van der Waals surface area contributed by atoms with Crippen molar-refractivity contribution in [2.24, 2.45) is 11.1 Å². The minimum absolute atomic E-state index is 0.0700. The van der Waals surface area contributed by atoms with Crippen molar-refractivity contribution in [1.29, 1.82) is 0 Å². The van der Waals surface area contributed by atoms with Crippen molar-refractivity contribution in [3.63, 3.8) is 0 Å². The van der Waals surface area contributed by atoms with Gasteiger partial charge < -0.3 is 15.8 Å². The maximum absolute atomic E-state index is 12.2. The quantitative estimate of drug-likeness (QED) is 0.677. The van der Waals surface area contributed by atoms with E-state index in [1.54, 1.807) is 0 Å². The summed E-state index contributed by atoms with van der Waals surface area (Å²) < 4.78 is 5.63. The number of carbonyl (C=O) groups is 1. The van der Waals surface area contributed by atoms with Crippen molar-refractivity contribution in [1.82, 2.24) is 10.2 Å². The number of carbonyl (C=O) groups excluding carboxylic acids is 1. The maximum Gasteiger partial charge on any atom is 0.234 e. The molecule has 134 valence electrons. The van der Waals surface area contributed by atoms with E-state index in [4.69, 9.17) is 10.5 Å². The van der Waals surface area contributed by atoms with E-state index in [2.05, 4.69) is 30.1 Å². The lowest BCUT2D eigenvalue weighted by atomic mass is 9.90.